The van der Waals surface area contributed by atoms with Crippen LogP contribution in [-0.2, 0) is 18.7 Å². The molecule has 3 aromatic rings. The first kappa shape index (κ1) is 22.6. The third-order valence-corrected chi connectivity index (χ3v) is 6.55. The normalized spacial score (nSPS) is 14.8. The van der Waals surface area contributed by atoms with Crippen LogP contribution in [0.1, 0.15) is 69.5 Å². The molecule has 0 bridgehead atoms. The molecule has 0 aliphatic heterocycles. The maximum Gasteiger partial charge on any atom is 0.237 e. The highest BCUT2D eigenvalue weighted by Gasteiger charge is 2.23. The van der Waals surface area contributed by atoms with Crippen molar-refractivity contribution < 1.29 is 9.26 Å². The Morgan fingerprint density at radius 3 is 2.84 bits per heavy atom. The van der Waals surface area contributed by atoms with Gasteiger partial charge in [0.2, 0.25) is 5.89 Å². The van der Waals surface area contributed by atoms with E-state index in [1.165, 1.54) is 19.3 Å². The van der Waals surface area contributed by atoms with E-state index in [9.17, 15) is 0 Å². The van der Waals surface area contributed by atoms with Gasteiger partial charge >= 0.3 is 0 Å². The average molecular weight is 457 g/mol. The van der Waals surface area contributed by atoms with Gasteiger partial charge < -0.3 is 19.1 Å². The maximum atomic E-state index is 5.44. The predicted octanol–water partition coefficient (Wildman–Crippen LogP) is 5.28. The molecule has 2 aromatic heterocycles. The first-order valence-corrected chi connectivity index (χ1v) is 12.4. The van der Waals surface area contributed by atoms with E-state index in [0.717, 1.165) is 47.5 Å². The lowest BCUT2D eigenvalue weighted by atomic mass is 9.95. The van der Waals surface area contributed by atoms with Crippen LogP contribution in [0.5, 0.6) is 5.75 Å². The second-order valence-electron chi connectivity index (χ2n) is 8.64. The third-order valence-electron chi connectivity index (χ3n) is 5.62. The molecule has 1 saturated carbocycles. The number of aromatic nitrogens is 5. The van der Waals surface area contributed by atoms with Crippen molar-refractivity contribution in [2.24, 2.45) is 5.92 Å². The van der Waals surface area contributed by atoms with E-state index in [-0.39, 0.29) is 0 Å². The van der Waals surface area contributed by atoms with Crippen LogP contribution in [0.15, 0.2) is 33.9 Å². The van der Waals surface area contributed by atoms with Crippen LogP contribution in [0.4, 0.5) is 5.69 Å². The Kier molecular flexibility index (Phi) is 7.68. The minimum absolute atomic E-state index is 0.433. The largest absolute Gasteiger partial charge is 0.497 e. The summed E-state index contributed by atoms with van der Waals surface area (Å²) in [5.74, 6) is 4.29. The lowest BCUT2D eigenvalue weighted by Gasteiger charge is -2.25. The molecule has 0 spiro atoms. The third kappa shape index (κ3) is 5.82. The number of benzene rings is 1. The quantitative estimate of drug-likeness (QED) is 0.412. The van der Waals surface area contributed by atoms with Crippen molar-refractivity contribution in [3.63, 3.8) is 0 Å². The van der Waals surface area contributed by atoms with Gasteiger partial charge in [0.15, 0.2) is 16.8 Å². The van der Waals surface area contributed by atoms with Crippen LogP contribution >= 0.6 is 11.8 Å². The Morgan fingerprint density at radius 2 is 2.06 bits per heavy atom. The van der Waals surface area contributed by atoms with Gasteiger partial charge in [-0.15, -0.1) is 10.2 Å². The van der Waals surface area contributed by atoms with Gasteiger partial charge in [-0.2, -0.15) is 4.98 Å². The Balaban J connectivity index is 1.47. The minimum atomic E-state index is 0.433. The Hall–Kier alpha value is -2.55. The molecule has 32 heavy (non-hydrogen) atoms. The van der Waals surface area contributed by atoms with E-state index in [1.54, 1.807) is 18.9 Å². The van der Waals surface area contributed by atoms with Crippen LogP contribution in [0.25, 0.3) is 0 Å². The SMILES string of the molecule is COc1cccc(NCc2nnc(SCc3nc(CC(C)C)no3)n2C2CCCCC2)c1. The van der Waals surface area contributed by atoms with Crippen LogP contribution in [-0.4, -0.2) is 32.0 Å². The molecule has 9 heteroatoms. The molecule has 1 N–H and O–H groups in total. The van der Waals surface area contributed by atoms with Crippen molar-refractivity contribution >= 4 is 17.4 Å². The molecule has 8 nitrogen and oxygen atoms in total. The molecule has 2 heterocycles. The molecular weight excluding hydrogens is 424 g/mol. The van der Waals surface area contributed by atoms with E-state index in [2.05, 4.69) is 44.1 Å². The number of nitrogens with one attached hydrogen (secondary N) is 1. The number of anilines is 1. The monoisotopic (exact) mass is 456 g/mol. The van der Waals surface area contributed by atoms with Gasteiger partial charge in [0, 0.05) is 24.2 Å². The molecule has 1 aliphatic carbocycles. The lowest BCUT2D eigenvalue weighted by Crippen LogP contribution is -2.18. The van der Waals surface area contributed by atoms with E-state index in [4.69, 9.17) is 9.26 Å². The standard InChI is InChI=1S/C23H32N6O2S/c1-16(2)12-20-25-22(31-28-20)15-32-23-27-26-21(29(23)18-9-5-4-6-10-18)14-24-17-8-7-11-19(13-17)30-3/h7-8,11,13,16,18,24H,4-6,9-10,12,14-15H2,1-3H3. The summed E-state index contributed by atoms with van der Waals surface area (Å²) in [5, 5.41) is 17.6. The lowest BCUT2D eigenvalue weighted by molar-refractivity contribution is 0.329. The summed E-state index contributed by atoms with van der Waals surface area (Å²) in [6.07, 6.45) is 6.95. The Labute approximate surface area is 193 Å². The highest BCUT2D eigenvalue weighted by molar-refractivity contribution is 7.98. The first-order valence-electron chi connectivity index (χ1n) is 11.4. The van der Waals surface area contributed by atoms with Crippen LogP contribution in [0, 0.1) is 5.92 Å². The van der Waals surface area contributed by atoms with Gasteiger partial charge in [0.05, 0.1) is 19.4 Å². The molecule has 172 valence electrons. The summed E-state index contributed by atoms with van der Waals surface area (Å²) in [7, 11) is 1.68. The molecule has 0 saturated heterocycles. The molecule has 0 unspecified atom stereocenters. The van der Waals surface area contributed by atoms with E-state index in [0.29, 0.717) is 30.1 Å². The summed E-state index contributed by atoms with van der Waals surface area (Å²) in [4.78, 5) is 4.53. The molecule has 0 radical (unpaired) electrons. The second kappa shape index (κ2) is 10.8. The summed E-state index contributed by atoms with van der Waals surface area (Å²) >= 11 is 1.62. The zero-order valence-corrected chi connectivity index (χ0v) is 19.9. The topological polar surface area (TPSA) is 90.9 Å². The van der Waals surface area contributed by atoms with E-state index < -0.39 is 0 Å². The maximum absolute atomic E-state index is 5.44. The zero-order valence-electron chi connectivity index (χ0n) is 19.1. The number of hydrogen-bond donors (Lipinski definition) is 1. The van der Waals surface area contributed by atoms with Crippen LogP contribution < -0.4 is 10.1 Å². The summed E-state index contributed by atoms with van der Waals surface area (Å²) in [6.45, 7) is 4.91. The molecule has 1 aromatic carbocycles. The molecule has 0 atom stereocenters. The number of thioether (sulfide) groups is 1. The van der Waals surface area contributed by atoms with E-state index in [1.807, 2.05) is 24.3 Å². The highest BCUT2D eigenvalue weighted by atomic mass is 32.2. The summed E-state index contributed by atoms with van der Waals surface area (Å²) < 4.78 is 13.1. The van der Waals surface area contributed by atoms with Crippen LogP contribution in [0.2, 0.25) is 0 Å². The number of ether oxygens (including phenoxy) is 1. The molecule has 0 amide bonds. The molecular formula is C23H32N6O2S. The van der Waals surface area contributed by atoms with Crippen molar-refractivity contribution in [1.82, 2.24) is 24.9 Å². The average Bonchev–Trinajstić information content (AvgIpc) is 3.43. The second-order valence-corrected chi connectivity index (χ2v) is 9.58. The van der Waals surface area contributed by atoms with Crippen molar-refractivity contribution in [3.05, 3.63) is 41.8 Å². The fourth-order valence-corrected chi connectivity index (χ4v) is 4.93. The zero-order chi connectivity index (χ0) is 22.3. The number of rotatable bonds is 10. The van der Waals surface area contributed by atoms with Crippen molar-refractivity contribution in [1.29, 1.82) is 0 Å². The summed E-state index contributed by atoms with van der Waals surface area (Å²) in [5.41, 5.74) is 1.00. The van der Waals surface area contributed by atoms with Gasteiger partial charge in [-0.25, -0.2) is 0 Å². The fourth-order valence-electron chi connectivity index (χ4n) is 4.07. The fraction of sp³-hybridized carbons (Fsp3) is 0.565. The number of methoxy groups -OCH3 is 1. The predicted molar refractivity (Wildman–Crippen MR) is 125 cm³/mol. The summed E-state index contributed by atoms with van der Waals surface area (Å²) in [6, 6.07) is 8.37. The molecule has 4 rings (SSSR count). The Bertz CT molecular complexity index is 996. The highest BCUT2D eigenvalue weighted by Crippen LogP contribution is 2.33. The van der Waals surface area contributed by atoms with Gasteiger partial charge in [-0.3, -0.25) is 0 Å². The molecule has 1 fully saturated rings. The van der Waals surface area contributed by atoms with Crippen LogP contribution in [0.3, 0.4) is 0 Å². The van der Waals surface area contributed by atoms with Crippen molar-refractivity contribution in [2.45, 2.75) is 75.9 Å². The minimum Gasteiger partial charge on any atom is -0.497 e. The van der Waals surface area contributed by atoms with Gasteiger partial charge in [0.1, 0.15) is 5.75 Å². The number of hydrogen-bond acceptors (Lipinski definition) is 8. The van der Waals surface area contributed by atoms with Gasteiger partial charge in [-0.05, 0) is 30.9 Å². The van der Waals surface area contributed by atoms with Gasteiger partial charge in [0.25, 0.3) is 0 Å². The van der Waals surface area contributed by atoms with Crippen molar-refractivity contribution in [2.75, 3.05) is 12.4 Å². The number of nitrogens with zero attached hydrogens (tertiary/aromatic N) is 5. The van der Waals surface area contributed by atoms with E-state index >= 15 is 0 Å². The van der Waals surface area contributed by atoms with Crippen molar-refractivity contribution in [3.8, 4) is 5.75 Å². The first-order chi connectivity index (χ1) is 15.6. The smallest absolute Gasteiger partial charge is 0.237 e. The molecule has 1 aliphatic rings. The van der Waals surface area contributed by atoms with Gasteiger partial charge in [-0.1, -0.05) is 56.1 Å². The Morgan fingerprint density at radius 1 is 1.22 bits per heavy atom.